The molecule has 21 heavy (non-hydrogen) atoms. The van der Waals surface area contributed by atoms with Gasteiger partial charge in [0.2, 0.25) is 5.91 Å². The molecule has 0 radical (unpaired) electrons. The number of fused-ring (bicyclic) bond motifs is 1. The van der Waals surface area contributed by atoms with E-state index in [9.17, 15) is 4.79 Å². The molecule has 1 amide bonds. The van der Waals surface area contributed by atoms with Crippen LogP contribution in [0.15, 0.2) is 6.33 Å². The summed E-state index contributed by atoms with van der Waals surface area (Å²) in [5.41, 5.74) is 1.17. The predicted octanol–water partition coefficient (Wildman–Crippen LogP) is 1.40. The van der Waals surface area contributed by atoms with Gasteiger partial charge in [-0.25, -0.2) is 9.97 Å². The minimum atomic E-state index is -0.0341. The average Bonchev–Trinajstić information content (AvgIpc) is 2.72. The molecule has 0 unspecified atom stereocenters. The summed E-state index contributed by atoms with van der Waals surface area (Å²) in [4.78, 5) is 24.5. The first-order valence-corrected chi connectivity index (χ1v) is 7.66. The minimum absolute atomic E-state index is 0.0341. The second-order valence-electron chi connectivity index (χ2n) is 5.19. The lowest BCUT2D eigenvalue weighted by Crippen LogP contribution is -2.35. The molecule has 2 heterocycles. The van der Waals surface area contributed by atoms with Gasteiger partial charge < -0.3 is 15.5 Å². The number of hydrogen-bond acceptors (Lipinski definition) is 6. The summed E-state index contributed by atoms with van der Waals surface area (Å²) < 4.78 is 0. The first-order valence-electron chi connectivity index (χ1n) is 6.85. The Hall–Kier alpha value is -1.73. The Labute approximate surface area is 128 Å². The van der Waals surface area contributed by atoms with Crippen molar-refractivity contribution in [2.45, 2.75) is 13.8 Å². The van der Waals surface area contributed by atoms with Gasteiger partial charge in [0, 0.05) is 18.0 Å². The van der Waals surface area contributed by atoms with Gasteiger partial charge >= 0.3 is 0 Å². The van der Waals surface area contributed by atoms with Crippen LogP contribution in [0.25, 0.3) is 10.2 Å². The standard InChI is InChI=1S/C14H21N5OS/c1-9-10(2)21-14-12(9)13(17-8-18-14)16-7-11(20)15-5-6-19(3)4/h8H,5-7H2,1-4H3,(H,15,20)(H,16,17,18). The Morgan fingerprint density at radius 2 is 2.10 bits per heavy atom. The number of hydrogen-bond donors (Lipinski definition) is 2. The van der Waals surface area contributed by atoms with Crippen LogP contribution in [0, 0.1) is 13.8 Å². The third-order valence-corrected chi connectivity index (χ3v) is 4.38. The topological polar surface area (TPSA) is 70.1 Å². The van der Waals surface area contributed by atoms with Crippen molar-refractivity contribution in [3.8, 4) is 0 Å². The van der Waals surface area contributed by atoms with Gasteiger partial charge in [-0.05, 0) is 33.5 Å². The number of anilines is 1. The van der Waals surface area contributed by atoms with E-state index in [-0.39, 0.29) is 12.5 Å². The van der Waals surface area contributed by atoms with E-state index in [1.165, 1.54) is 16.8 Å². The molecule has 0 saturated heterocycles. The van der Waals surface area contributed by atoms with Gasteiger partial charge in [0.25, 0.3) is 0 Å². The van der Waals surface area contributed by atoms with Crippen molar-refractivity contribution in [2.24, 2.45) is 0 Å². The highest BCUT2D eigenvalue weighted by Gasteiger charge is 2.12. The molecule has 2 aromatic rings. The fourth-order valence-corrected chi connectivity index (χ4v) is 2.96. The van der Waals surface area contributed by atoms with Crippen LogP contribution in [-0.2, 0) is 4.79 Å². The summed E-state index contributed by atoms with van der Waals surface area (Å²) in [6.07, 6.45) is 1.53. The monoisotopic (exact) mass is 307 g/mol. The SMILES string of the molecule is Cc1sc2ncnc(NCC(=O)NCCN(C)C)c2c1C. The van der Waals surface area contributed by atoms with Crippen molar-refractivity contribution in [3.63, 3.8) is 0 Å². The lowest BCUT2D eigenvalue weighted by atomic mass is 10.2. The summed E-state index contributed by atoms with van der Waals surface area (Å²) in [6.45, 7) is 5.81. The molecule has 0 spiro atoms. The van der Waals surface area contributed by atoms with Crippen LogP contribution in [0.1, 0.15) is 10.4 Å². The average molecular weight is 307 g/mol. The van der Waals surface area contributed by atoms with E-state index >= 15 is 0 Å². The van der Waals surface area contributed by atoms with Gasteiger partial charge in [-0.1, -0.05) is 0 Å². The van der Waals surface area contributed by atoms with Crippen LogP contribution in [0.2, 0.25) is 0 Å². The third kappa shape index (κ3) is 3.89. The van der Waals surface area contributed by atoms with Gasteiger partial charge in [0.1, 0.15) is 17.0 Å². The van der Waals surface area contributed by atoms with Crippen LogP contribution >= 0.6 is 11.3 Å². The molecule has 114 valence electrons. The van der Waals surface area contributed by atoms with E-state index in [1.807, 2.05) is 19.0 Å². The number of rotatable bonds is 6. The number of nitrogens with one attached hydrogen (secondary N) is 2. The Morgan fingerprint density at radius 1 is 1.33 bits per heavy atom. The van der Waals surface area contributed by atoms with E-state index in [0.717, 1.165) is 22.6 Å². The van der Waals surface area contributed by atoms with Gasteiger partial charge in [0.05, 0.1) is 11.9 Å². The summed E-state index contributed by atoms with van der Waals surface area (Å²) in [7, 11) is 3.95. The maximum Gasteiger partial charge on any atom is 0.239 e. The number of nitrogens with zero attached hydrogens (tertiary/aromatic N) is 3. The van der Waals surface area contributed by atoms with Crippen LogP contribution in [-0.4, -0.2) is 54.5 Å². The van der Waals surface area contributed by atoms with E-state index in [1.54, 1.807) is 11.3 Å². The molecule has 2 aromatic heterocycles. The van der Waals surface area contributed by atoms with Crippen molar-refractivity contribution in [2.75, 3.05) is 39.0 Å². The Balaban J connectivity index is 1.99. The highest BCUT2D eigenvalue weighted by atomic mass is 32.1. The molecule has 0 bridgehead atoms. The number of carbonyl (C=O) groups excluding carboxylic acids is 1. The van der Waals surface area contributed by atoms with E-state index in [0.29, 0.717) is 6.54 Å². The van der Waals surface area contributed by atoms with E-state index in [2.05, 4.69) is 34.4 Å². The highest BCUT2D eigenvalue weighted by molar-refractivity contribution is 7.18. The molecule has 0 aliphatic heterocycles. The number of amides is 1. The van der Waals surface area contributed by atoms with Crippen molar-refractivity contribution in [1.82, 2.24) is 20.2 Å². The van der Waals surface area contributed by atoms with Crippen molar-refractivity contribution >= 4 is 33.3 Å². The maximum absolute atomic E-state index is 11.8. The summed E-state index contributed by atoms with van der Waals surface area (Å²) in [5.74, 6) is 0.692. The zero-order chi connectivity index (χ0) is 15.4. The fraction of sp³-hybridized carbons (Fsp3) is 0.500. The van der Waals surface area contributed by atoms with E-state index in [4.69, 9.17) is 0 Å². The molecule has 0 fully saturated rings. The first-order chi connectivity index (χ1) is 9.99. The van der Waals surface area contributed by atoms with Gasteiger partial charge in [0.15, 0.2) is 0 Å². The second kappa shape index (κ2) is 6.82. The van der Waals surface area contributed by atoms with Gasteiger partial charge in [-0.3, -0.25) is 4.79 Å². The van der Waals surface area contributed by atoms with E-state index < -0.39 is 0 Å². The summed E-state index contributed by atoms with van der Waals surface area (Å²) in [6, 6.07) is 0. The lowest BCUT2D eigenvalue weighted by Gasteiger charge is -2.11. The molecule has 0 saturated carbocycles. The lowest BCUT2D eigenvalue weighted by molar-refractivity contribution is -0.119. The summed E-state index contributed by atoms with van der Waals surface area (Å²) >= 11 is 1.65. The maximum atomic E-state index is 11.8. The van der Waals surface area contributed by atoms with Crippen molar-refractivity contribution in [1.29, 1.82) is 0 Å². The number of thiophene rings is 1. The Morgan fingerprint density at radius 3 is 2.81 bits per heavy atom. The van der Waals surface area contributed by atoms with Gasteiger partial charge in [-0.15, -0.1) is 11.3 Å². The molecule has 2 rings (SSSR count). The van der Waals surface area contributed by atoms with Crippen LogP contribution in [0.3, 0.4) is 0 Å². The number of aryl methyl sites for hydroxylation is 2. The molecule has 0 aliphatic carbocycles. The fourth-order valence-electron chi connectivity index (χ4n) is 1.96. The Bertz CT molecular complexity index is 638. The Kier molecular flexibility index (Phi) is 5.08. The second-order valence-corrected chi connectivity index (χ2v) is 6.40. The van der Waals surface area contributed by atoms with Crippen LogP contribution in [0.5, 0.6) is 0 Å². The zero-order valence-electron chi connectivity index (χ0n) is 12.9. The largest absolute Gasteiger partial charge is 0.360 e. The normalized spacial score (nSPS) is 11.1. The van der Waals surface area contributed by atoms with Crippen molar-refractivity contribution < 1.29 is 4.79 Å². The summed E-state index contributed by atoms with van der Waals surface area (Å²) in [5, 5.41) is 6.99. The number of likely N-dealkylation sites (N-methyl/N-ethyl adjacent to an activating group) is 1. The molecule has 0 atom stereocenters. The van der Waals surface area contributed by atoms with Crippen LogP contribution < -0.4 is 10.6 Å². The molecule has 0 aliphatic rings. The third-order valence-electron chi connectivity index (χ3n) is 3.26. The molecule has 0 aromatic carbocycles. The molecule has 7 heteroatoms. The quantitative estimate of drug-likeness (QED) is 0.844. The smallest absolute Gasteiger partial charge is 0.239 e. The van der Waals surface area contributed by atoms with Crippen molar-refractivity contribution in [3.05, 3.63) is 16.8 Å². The zero-order valence-corrected chi connectivity index (χ0v) is 13.7. The molecule has 2 N–H and O–H groups in total. The van der Waals surface area contributed by atoms with Gasteiger partial charge in [-0.2, -0.15) is 0 Å². The molecular weight excluding hydrogens is 286 g/mol. The van der Waals surface area contributed by atoms with Crippen LogP contribution in [0.4, 0.5) is 5.82 Å². The highest BCUT2D eigenvalue weighted by Crippen LogP contribution is 2.32. The predicted molar refractivity (Wildman–Crippen MR) is 86.9 cm³/mol. The minimum Gasteiger partial charge on any atom is -0.360 e. The molecular formula is C14H21N5OS. The number of aromatic nitrogens is 2. The number of carbonyl (C=O) groups is 1. The first kappa shape index (κ1) is 15.7. The molecule has 6 nitrogen and oxygen atoms in total.